The van der Waals surface area contributed by atoms with Gasteiger partial charge in [-0.3, -0.25) is 0 Å². The molecule has 14 heavy (non-hydrogen) atoms. The molecule has 0 spiro atoms. The first-order valence-corrected chi connectivity index (χ1v) is 4.97. The Morgan fingerprint density at radius 2 is 2.14 bits per heavy atom. The van der Waals surface area contributed by atoms with Gasteiger partial charge in [-0.2, -0.15) is 5.26 Å². The molecule has 0 N–H and O–H groups in total. The number of benzene rings is 1. The fraction of sp³-hybridized carbons (Fsp3) is 0.308. The van der Waals surface area contributed by atoms with E-state index in [9.17, 15) is 0 Å². The third-order valence-electron chi connectivity index (χ3n) is 2.92. The maximum absolute atomic E-state index is 8.79. The van der Waals surface area contributed by atoms with Crippen molar-refractivity contribution < 1.29 is 0 Å². The lowest BCUT2D eigenvalue weighted by Crippen LogP contribution is -2.11. The second-order valence-corrected chi connectivity index (χ2v) is 3.82. The highest BCUT2D eigenvalue weighted by Gasteiger charge is 2.22. The highest BCUT2D eigenvalue weighted by Crippen LogP contribution is 2.35. The average Bonchev–Trinajstić information content (AvgIpc) is 2.23. The van der Waals surface area contributed by atoms with Gasteiger partial charge in [0.15, 0.2) is 0 Å². The summed E-state index contributed by atoms with van der Waals surface area (Å²) in [5.41, 5.74) is 2.59. The second kappa shape index (κ2) is 3.67. The average molecular weight is 183 g/mol. The summed E-state index contributed by atoms with van der Waals surface area (Å²) >= 11 is 0. The first-order valence-electron chi connectivity index (χ1n) is 4.97. The fourth-order valence-corrected chi connectivity index (χ4v) is 2.07. The number of nitrogens with zero attached hydrogens (tertiary/aromatic N) is 1. The van der Waals surface area contributed by atoms with Crippen LogP contribution in [-0.2, 0) is 0 Å². The second-order valence-electron chi connectivity index (χ2n) is 3.82. The van der Waals surface area contributed by atoms with Gasteiger partial charge in [0.1, 0.15) is 0 Å². The zero-order chi connectivity index (χ0) is 9.97. The molecule has 1 heteroatoms. The van der Waals surface area contributed by atoms with E-state index < -0.39 is 0 Å². The van der Waals surface area contributed by atoms with Crippen molar-refractivity contribution in [1.82, 2.24) is 0 Å². The molecule has 1 aliphatic rings. The minimum Gasteiger partial charge on any atom is -0.198 e. The van der Waals surface area contributed by atoms with Crippen molar-refractivity contribution in [1.29, 1.82) is 5.26 Å². The third kappa shape index (κ3) is 1.44. The van der Waals surface area contributed by atoms with Crippen molar-refractivity contribution in [2.24, 2.45) is 5.92 Å². The molecule has 2 rings (SSSR count). The minimum atomic E-state index is 0.376. The molecule has 1 aromatic rings. The highest BCUT2D eigenvalue weighted by molar-refractivity contribution is 5.58. The van der Waals surface area contributed by atoms with Gasteiger partial charge >= 0.3 is 0 Å². The maximum atomic E-state index is 8.79. The first kappa shape index (κ1) is 9.02. The summed E-state index contributed by atoms with van der Waals surface area (Å²) in [5, 5.41) is 8.79. The van der Waals surface area contributed by atoms with Crippen LogP contribution in [0.3, 0.4) is 0 Å². The smallest absolute Gasteiger partial charge is 0.0628 e. The number of hydrogen-bond acceptors (Lipinski definition) is 1. The van der Waals surface area contributed by atoms with Gasteiger partial charge in [0.25, 0.3) is 0 Å². The monoisotopic (exact) mass is 183 g/mol. The van der Waals surface area contributed by atoms with E-state index in [4.69, 9.17) is 5.26 Å². The Kier molecular flexibility index (Phi) is 2.37. The Hall–Kier alpha value is -1.55. The topological polar surface area (TPSA) is 23.8 Å². The largest absolute Gasteiger partial charge is 0.198 e. The summed E-state index contributed by atoms with van der Waals surface area (Å²) in [4.78, 5) is 0. The van der Waals surface area contributed by atoms with Crippen LogP contribution in [0.1, 0.15) is 30.4 Å². The Labute approximate surface area is 84.7 Å². The molecular formula is C13H13N. The molecule has 0 fully saturated rings. The van der Waals surface area contributed by atoms with Gasteiger partial charge in [-0.1, -0.05) is 43.3 Å². The van der Waals surface area contributed by atoms with Crippen LogP contribution >= 0.6 is 0 Å². The number of fused-ring (bicyclic) bond motifs is 1. The molecule has 0 radical (unpaired) electrons. The van der Waals surface area contributed by atoms with E-state index in [1.54, 1.807) is 0 Å². The molecule has 0 aromatic heterocycles. The van der Waals surface area contributed by atoms with Gasteiger partial charge in [-0.15, -0.1) is 0 Å². The van der Waals surface area contributed by atoms with E-state index in [0.717, 1.165) is 0 Å². The standard InChI is InChI=1S/C13H13N/c1-10-6-7-11-4-2-3-5-13(11)12(10)8-9-14/h2-7,10,12H,8H2,1H3/t10-,12+/m0/s1. The molecule has 2 atom stereocenters. The molecule has 0 heterocycles. The van der Waals surface area contributed by atoms with Crippen molar-refractivity contribution in [3.63, 3.8) is 0 Å². The Balaban J connectivity index is 2.43. The summed E-state index contributed by atoms with van der Waals surface area (Å²) in [6.45, 7) is 2.18. The van der Waals surface area contributed by atoms with Gasteiger partial charge < -0.3 is 0 Å². The number of nitriles is 1. The van der Waals surface area contributed by atoms with Crippen LogP contribution in [0.15, 0.2) is 30.3 Å². The lowest BCUT2D eigenvalue weighted by molar-refractivity contribution is 0.551. The Morgan fingerprint density at radius 3 is 2.93 bits per heavy atom. The zero-order valence-electron chi connectivity index (χ0n) is 8.27. The lowest BCUT2D eigenvalue weighted by atomic mass is 9.79. The summed E-state index contributed by atoms with van der Waals surface area (Å²) in [7, 11) is 0. The molecule has 0 saturated heterocycles. The maximum Gasteiger partial charge on any atom is 0.0628 e. The van der Waals surface area contributed by atoms with Crippen molar-refractivity contribution >= 4 is 6.08 Å². The molecule has 1 nitrogen and oxygen atoms in total. The van der Waals surface area contributed by atoms with Gasteiger partial charge in [0, 0.05) is 12.3 Å². The lowest BCUT2D eigenvalue weighted by Gasteiger charge is -2.25. The van der Waals surface area contributed by atoms with Crippen LogP contribution in [0.4, 0.5) is 0 Å². The minimum absolute atomic E-state index is 0.376. The van der Waals surface area contributed by atoms with Crippen molar-refractivity contribution in [3.05, 3.63) is 41.5 Å². The SMILES string of the molecule is C[C@H]1C=Cc2ccccc2[C@@H]1CC#N. The zero-order valence-corrected chi connectivity index (χ0v) is 8.27. The van der Waals surface area contributed by atoms with Gasteiger partial charge in [-0.25, -0.2) is 0 Å². The van der Waals surface area contributed by atoms with Crippen LogP contribution in [-0.4, -0.2) is 0 Å². The van der Waals surface area contributed by atoms with Crippen LogP contribution in [0, 0.1) is 17.2 Å². The van der Waals surface area contributed by atoms with Crippen molar-refractivity contribution in [2.45, 2.75) is 19.3 Å². The Bertz CT molecular complexity index is 398. The molecule has 1 aliphatic carbocycles. The summed E-state index contributed by atoms with van der Waals surface area (Å²) in [6.07, 6.45) is 4.97. The van der Waals surface area contributed by atoms with E-state index in [1.165, 1.54) is 11.1 Å². The summed E-state index contributed by atoms with van der Waals surface area (Å²) in [5.74, 6) is 0.853. The van der Waals surface area contributed by atoms with Gasteiger partial charge in [-0.05, 0) is 17.0 Å². The predicted octanol–water partition coefficient (Wildman–Crippen LogP) is 3.35. The fourth-order valence-electron chi connectivity index (χ4n) is 2.07. The number of allylic oxidation sites excluding steroid dienone is 1. The van der Waals surface area contributed by atoms with E-state index in [0.29, 0.717) is 18.3 Å². The summed E-state index contributed by atoms with van der Waals surface area (Å²) in [6, 6.07) is 10.6. The van der Waals surface area contributed by atoms with Crippen molar-refractivity contribution in [3.8, 4) is 6.07 Å². The van der Waals surface area contributed by atoms with Gasteiger partial charge in [0.2, 0.25) is 0 Å². The normalized spacial score (nSPS) is 24.0. The molecule has 0 amide bonds. The first-order chi connectivity index (χ1) is 6.83. The summed E-state index contributed by atoms with van der Waals surface area (Å²) < 4.78 is 0. The van der Waals surface area contributed by atoms with E-state index in [-0.39, 0.29) is 0 Å². The molecule has 70 valence electrons. The van der Waals surface area contributed by atoms with Crippen LogP contribution in [0.2, 0.25) is 0 Å². The molecule has 0 saturated carbocycles. The predicted molar refractivity (Wildman–Crippen MR) is 57.6 cm³/mol. The van der Waals surface area contributed by atoms with Crippen LogP contribution in [0.5, 0.6) is 0 Å². The highest BCUT2D eigenvalue weighted by atomic mass is 14.3. The van der Waals surface area contributed by atoms with E-state index in [2.05, 4.69) is 43.3 Å². The van der Waals surface area contributed by atoms with Crippen LogP contribution in [0.25, 0.3) is 6.08 Å². The quantitative estimate of drug-likeness (QED) is 0.655. The van der Waals surface area contributed by atoms with E-state index in [1.807, 2.05) is 6.07 Å². The van der Waals surface area contributed by atoms with Crippen molar-refractivity contribution in [2.75, 3.05) is 0 Å². The Morgan fingerprint density at radius 1 is 1.36 bits per heavy atom. The molecule has 0 aliphatic heterocycles. The molecule has 1 aromatic carbocycles. The molecular weight excluding hydrogens is 170 g/mol. The third-order valence-corrected chi connectivity index (χ3v) is 2.92. The van der Waals surface area contributed by atoms with Gasteiger partial charge in [0.05, 0.1) is 6.07 Å². The van der Waals surface area contributed by atoms with E-state index >= 15 is 0 Å². The molecule has 0 bridgehead atoms. The number of rotatable bonds is 1. The van der Waals surface area contributed by atoms with Crippen LogP contribution < -0.4 is 0 Å². The molecule has 0 unspecified atom stereocenters. The number of hydrogen-bond donors (Lipinski definition) is 0.